The molecule has 0 saturated carbocycles. The number of rotatable bonds is 6. The Labute approximate surface area is 187 Å². The summed E-state index contributed by atoms with van der Waals surface area (Å²) in [6, 6.07) is 6.36. The number of H-pyrrole nitrogens is 1. The number of nitrogens with zero attached hydrogens (tertiary/aromatic N) is 3. The summed E-state index contributed by atoms with van der Waals surface area (Å²) in [6.45, 7) is 2.11. The molecule has 4 aromatic rings. The number of ether oxygens (including phenoxy) is 2. The van der Waals surface area contributed by atoms with E-state index in [9.17, 15) is 0 Å². The number of methoxy groups -OCH3 is 2. The average molecular weight is 435 g/mol. The Morgan fingerprint density at radius 3 is 2.78 bits per heavy atom. The first-order chi connectivity index (χ1) is 15.6. The summed E-state index contributed by atoms with van der Waals surface area (Å²) in [7, 11) is 5.22. The number of hydrogen-bond acceptors (Lipinski definition) is 6. The molecule has 4 aromatic heterocycles. The van der Waals surface area contributed by atoms with Crippen LogP contribution in [0.4, 0.5) is 0 Å². The minimum Gasteiger partial charge on any atom is -0.491 e. The van der Waals surface area contributed by atoms with Gasteiger partial charge in [-0.15, -0.1) is 0 Å². The van der Waals surface area contributed by atoms with Crippen LogP contribution < -0.4 is 20.5 Å². The van der Waals surface area contributed by atoms with Crippen LogP contribution in [-0.2, 0) is 13.5 Å². The standard InChI is InChI=1S/C24H30N6O2/c1-30-13-17(22-20(30)12-21(31-2)24(29-22)32-3)19-11-16-15(6-9-27-23(16)28-19)10-18(25)14-4-7-26-8-5-14/h6,9,11-14,18,26H,4-5,7-8,10,25H2,1-3H3,(H,27,28). The predicted molar refractivity (Wildman–Crippen MR) is 126 cm³/mol. The molecule has 0 spiro atoms. The average Bonchev–Trinajstić information content (AvgIpc) is 3.40. The van der Waals surface area contributed by atoms with Crippen molar-refractivity contribution < 1.29 is 9.47 Å². The van der Waals surface area contributed by atoms with Crippen LogP contribution in [0.15, 0.2) is 30.6 Å². The molecule has 4 N–H and O–H groups in total. The number of fused-ring (bicyclic) bond motifs is 2. The summed E-state index contributed by atoms with van der Waals surface area (Å²) in [4.78, 5) is 12.8. The second-order valence-electron chi connectivity index (χ2n) is 8.59. The molecule has 168 valence electrons. The molecule has 0 aromatic carbocycles. The molecule has 1 fully saturated rings. The third kappa shape index (κ3) is 3.59. The summed E-state index contributed by atoms with van der Waals surface area (Å²) in [5.41, 5.74) is 12.5. The Kier molecular flexibility index (Phi) is 5.48. The zero-order valence-electron chi connectivity index (χ0n) is 18.8. The largest absolute Gasteiger partial charge is 0.491 e. The first-order valence-corrected chi connectivity index (χ1v) is 11.1. The molecule has 1 saturated heterocycles. The van der Waals surface area contributed by atoms with Gasteiger partial charge in [0.05, 0.1) is 25.4 Å². The quantitative estimate of drug-likeness (QED) is 0.431. The first kappa shape index (κ1) is 20.8. The summed E-state index contributed by atoms with van der Waals surface area (Å²) >= 11 is 0. The van der Waals surface area contributed by atoms with Crippen molar-refractivity contribution in [3.63, 3.8) is 0 Å². The van der Waals surface area contributed by atoms with Crippen LogP contribution in [0.3, 0.4) is 0 Å². The molecule has 0 radical (unpaired) electrons. The van der Waals surface area contributed by atoms with Crippen molar-refractivity contribution in [3.8, 4) is 22.9 Å². The van der Waals surface area contributed by atoms with Crippen LogP contribution in [-0.4, -0.2) is 52.9 Å². The number of aromatic nitrogens is 4. The maximum atomic E-state index is 6.63. The Morgan fingerprint density at radius 2 is 2.03 bits per heavy atom. The monoisotopic (exact) mass is 434 g/mol. The lowest BCUT2D eigenvalue weighted by molar-refractivity contribution is 0.317. The minimum absolute atomic E-state index is 0.150. The predicted octanol–water partition coefficient (Wildman–Crippen LogP) is 3.00. The fraction of sp³-hybridized carbons (Fsp3) is 0.417. The third-order valence-corrected chi connectivity index (χ3v) is 6.66. The highest BCUT2D eigenvalue weighted by atomic mass is 16.5. The number of hydrogen-bond donors (Lipinski definition) is 3. The summed E-state index contributed by atoms with van der Waals surface area (Å²) in [5.74, 6) is 1.64. The number of nitrogens with two attached hydrogens (primary N) is 1. The fourth-order valence-corrected chi connectivity index (χ4v) is 4.85. The number of nitrogens with one attached hydrogen (secondary N) is 2. The van der Waals surface area contributed by atoms with Crippen molar-refractivity contribution in [3.05, 3.63) is 36.2 Å². The van der Waals surface area contributed by atoms with E-state index in [1.54, 1.807) is 14.2 Å². The number of aryl methyl sites for hydroxylation is 1. The maximum Gasteiger partial charge on any atom is 0.257 e. The summed E-state index contributed by atoms with van der Waals surface area (Å²) < 4.78 is 12.9. The smallest absolute Gasteiger partial charge is 0.257 e. The van der Waals surface area contributed by atoms with E-state index in [1.165, 1.54) is 5.56 Å². The lowest BCUT2D eigenvalue weighted by Gasteiger charge is -2.28. The number of pyridine rings is 2. The lowest BCUT2D eigenvalue weighted by atomic mass is 9.87. The molecule has 0 amide bonds. The van der Waals surface area contributed by atoms with Gasteiger partial charge in [0, 0.05) is 42.5 Å². The van der Waals surface area contributed by atoms with Gasteiger partial charge in [-0.05, 0) is 56.0 Å². The molecule has 1 aliphatic heterocycles. The van der Waals surface area contributed by atoms with Gasteiger partial charge in [-0.3, -0.25) is 0 Å². The van der Waals surface area contributed by atoms with Gasteiger partial charge >= 0.3 is 0 Å². The van der Waals surface area contributed by atoms with Gasteiger partial charge in [0.2, 0.25) is 0 Å². The Morgan fingerprint density at radius 1 is 1.22 bits per heavy atom. The van der Waals surface area contributed by atoms with E-state index < -0.39 is 0 Å². The maximum absolute atomic E-state index is 6.63. The van der Waals surface area contributed by atoms with E-state index >= 15 is 0 Å². The van der Waals surface area contributed by atoms with Crippen molar-refractivity contribution in [2.24, 2.45) is 18.7 Å². The summed E-state index contributed by atoms with van der Waals surface area (Å²) in [5, 5.41) is 4.54. The molecular formula is C24H30N6O2. The molecule has 8 heteroatoms. The highest BCUT2D eigenvalue weighted by Crippen LogP contribution is 2.36. The Bertz CT molecular complexity index is 1250. The van der Waals surface area contributed by atoms with Crippen LogP contribution >= 0.6 is 0 Å². The van der Waals surface area contributed by atoms with Crippen LogP contribution in [0.25, 0.3) is 33.3 Å². The van der Waals surface area contributed by atoms with Crippen LogP contribution in [0.5, 0.6) is 11.6 Å². The van der Waals surface area contributed by atoms with Gasteiger partial charge in [-0.25, -0.2) is 9.97 Å². The lowest BCUT2D eigenvalue weighted by Crippen LogP contribution is -2.39. The highest BCUT2D eigenvalue weighted by Gasteiger charge is 2.22. The zero-order valence-corrected chi connectivity index (χ0v) is 18.8. The normalized spacial score (nSPS) is 16.0. The molecule has 32 heavy (non-hydrogen) atoms. The third-order valence-electron chi connectivity index (χ3n) is 6.66. The second-order valence-corrected chi connectivity index (χ2v) is 8.59. The van der Waals surface area contributed by atoms with Crippen molar-refractivity contribution in [2.75, 3.05) is 27.3 Å². The molecule has 0 bridgehead atoms. The molecule has 5 heterocycles. The van der Waals surface area contributed by atoms with Gasteiger partial charge < -0.3 is 30.1 Å². The van der Waals surface area contributed by atoms with Crippen LogP contribution in [0.1, 0.15) is 18.4 Å². The highest BCUT2D eigenvalue weighted by molar-refractivity contribution is 5.96. The SMILES string of the molecule is COc1cc2c(nc1OC)c(-c1cc3c(CC(N)C4CCNCC4)ccnc3[nH]1)cn2C. The van der Waals surface area contributed by atoms with Crippen molar-refractivity contribution in [1.29, 1.82) is 0 Å². The topological polar surface area (TPSA) is 103 Å². The molecule has 5 rings (SSSR count). The fourth-order valence-electron chi connectivity index (χ4n) is 4.85. The molecule has 0 aliphatic carbocycles. The van der Waals surface area contributed by atoms with Crippen molar-refractivity contribution >= 4 is 22.1 Å². The van der Waals surface area contributed by atoms with Gasteiger partial charge in [0.1, 0.15) is 11.2 Å². The van der Waals surface area contributed by atoms with E-state index in [4.69, 9.17) is 20.2 Å². The summed E-state index contributed by atoms with van der Waals surface area (Å²) in [6.07, 6.45) is 7.06. The van der Waals surface area contributed by atoms with Gasteiger partial charge in [0.25, 0.3) is 5.88 Å². The van der Waals surface area contributed by atoms with Crippen molar-refractivity contribution in [2.45, 2.75) is 25.3 Å². The Hall–Kier alpha value is -3.10. The van der Waals surface area contributed by atoms with E-state index in [-0.39, 0.29) is 6.04 Å². The van der Waals surface area contributed by atoms with E-state index in [0.717, 1.165) is 65.7 Å². The Balaban J connectivity index is 1.54. The molecule has 1 aliphatic rings. The van der Waals surface area contributed by atoms with Gasteiger partial charge in [-0.2, -0.15) is 0 Å². The number of aromatic amines is 1. The molecule has 1 atom stereocenters. The van der Waals surface area contributed by atoms with E-state index in [1.807, 2.05) is 23.9 Å². The first-order valence-electron chi connectivity index (χ1n) is 11.1. The van der Waals surface area contributed by atoms with E-state index in [2.05, 4.69) is 33.6 Å². The minimum atomic E-state index is 0.150. The molecule has 1 unspecified atom stereocenters. The molecular weight excluding hydrogens is 404 g/mol. The van der Waals surface area contributed by atoms with E-state index in [0.29, 0.717) is 17.5 Å². The van der Waals surface area contributed by atoms with Crippen LogP contribution in [0.2, 0.25) is 0 Å². The molecule has 8 nitrogen and oxygen atoms in total. The van der Waals surface area contributed by atoms with Gasteiger partial charge in [0.15, 0.2) is 5.75 Å². The second kappa shape index (κ2) is 8.44. The number of piperidine rings is 1. The van der Waals surface area contributed by atoms with Crippen molar-refractivity contribution in [1.82, 2.24) is 24.8 Å². The van der Waals surface area contributed by atoms with Crippen LogP contribution in [0, 0.1) is 5.92 Å². The zero-order chi connectivity index (χ0) is 22.2. The van der Waals surface area contributed by atoms with Gasteiger partial charge in [-0.1, -0.05) is 0 Å².